The lowest BCUT2D eigenvalue weighted by Crippen LogP contribution is -2.04. The number of hydrogen-bond donors (Lipinski definition) is 1. The summed E-state index contributed by atoms with van der Waals surface area (Å²) in [6, 6.07) is 10.4. The van der Waals surface area contributed by atoms with E-state index < -0.39 is 0 Å². The second kappa shape index (κ2) is 7.43. The van der Waals surface area contributed by atoms with Crippen LogP contribution in [0, 0.1) is 5.82 Å². The van der Waals surface area contributed by atoms with Gasteiger partial charge in [0.1, 0.15) is 12.4 Å². The lowest BCUT2D eigenvalue weighted by molar-refractivity contribution is 0.277. The highest BCUT2D eigenvalue weighted by Gasteiger charge is 2.12. The van der Waals surface area contributed by atoms with E-state index in [2.05, 4.69) is 15.9 Å². The smallest absolute Gasteiger partial charge is 0.175 e. The van der Waals surface area contributed by atoms with Crippen molar-refractivity contribution in [1.29, 1.82) is 0 Å². The van der Waals surface area contributed by atoms with E-state index in [1.165, 1.54) is 6.07 Å². The average Bonchev–Trinajstić information content (AvgIpc) is 2.47. The van der Waals surface area contributed by atoms with Gasteiger partial charge in [0.15, 0.2) is 11.5 Å². The molecule has 5 heteroatoms. The molecule has 0 atom stereocenters. The molecular formula is C16H17BrFNO2. The molecule has 0 amide bonds. The maximum absolute atomic E-state index is 13.6. The number of methoxy groups -OCH3 is 1. The number of benzene rings is 2. The van der Waals surface area contributed by atoms with E-state index in [-0.39, 0.29) is 12.4 Å². The van der Waals surface area contributed by atoms with Crippen molar-refractivity contribution in [3.8, 4) is 11.5 Å². The average molecular weight is 354 g/mol. The van der Waals surface area contributed by atoms with Gasteiger partial charge in [0.05, 0.1) is 11.6 Å². The van der Waals surface area contributed by atoms with Crippen molar-refractivity contribution >= 4 is 15.9 Å². The third-order valence-electron chi connectivity index (χ3n) is 3.05. The summed E-state index contributed by atoms with van der Waals surface area (Å²) in [5.41, 5.74) is 7.12. The summed E-state index contributed by atoms with van der Waals surface area (Å²) in [5, 5.41) is 0. The molecule has 2 rings (SSSR count). The maximum Gasteiger partial charge on any atom is 0.175 e. The first-order valence-corrected chi connectivity index (χ1v) is 7.37. The summed E-state index contributed by atoms with van der Waals surface area (Å²) in [6.07, 6.45) is 0.753. The Hall–Kier alpha value is -1.59. The third kappa shape index (κ3) is 3.95. The summed E-state index contributed by atoms with van der Waals surface area (Å²) in [6.45, 7) is 0.697. The van der Waals surface area contributed by atoms with Crippen LogP contribution in [0.25, 0.3) is 0 Å². The molecular weight excluding hydrogens is 337 g/mol. The van der Waals surface area contributed by atoms with Gasteiger partial charge in [-0.05, 0) is 52.7 Å². The summed E-state index contributed by atoms with van der Waals surface area (Å²) in [4.78, 5) is 0. The van der Waals surface area contributed by atoms with Crippen molar-refractivity contribution in [2.75, 3.05) is 13.7 Å². The van der Waals surface area contributed by atoms with Crippen LogP contribution in [-0.4, -0.2) is 13.7 Å². The Morgan fingerprint density at radius 1 is 1.24 bits per heavy atom. The Morgan fingerprint density at radius 3 is 2.67 bits per heavy atom. The molecule has 21 heavy (non-hydrogen) atoms. The van der Waals surface area contributed by atoms with E-state index in [1.807, 2.05) is 12.1 Å². The molecule has 0 saturated carbocycles. The van der Waals surface area contributed by atoms with Crippen LogP contribution in [0.5, 0.6) is 11.5 Å². The van der Waals surface area contributed by atoms with E-state index in [0.29, 0.717) is 23.6 Å². The van der Waals surface area contributed by atoms with E-state index in [0.717, 1.165) is 16.5 Å². The summed E-state index contributed by atoms with van der Waals surface area (Å²) < 4.78 is 25.4. The summed E-state index contributed by atoms with van der Waals surface area (Å²) in [5.74, 6) is 0.873. The molecule has 0 heterocycles. The molecule has 2 aromatic rings. The second-order valence-electron chi connectivity index (χ2n) is 4.53. The van der Waals surface area contributed by atoms with Crippen LogP contribution in [0.3, 0.4) is 0 Å². The molecule has 0 spiro atoms. The normalized spacial score (nSPS) is 10.5. The van der Waals surface area contributed by atoms with Gasteiger partial charge in [-0.1, -0.05) is 18.2 Å². The van der Waals surface area contributed by atoms with E-state index in [9.17, 15) is 4.39 Å². The fourth-order valence-corrected chi connectivity index (χ4v) is 2.59. The zero-order chi connectivity index (χ0) is 15.2. The number of ether oxygens (including phenoxy) is 2. The molecule has 0 aliphatic rings. The predicted molar refractivity (Wildman–Crippen MR) is 84.2 cm³/mol. The molecule has 0 unspecified atom stereocenters. The third-order valence-corrected chi connectivity index (χ3v) is 3.64. The van der Waals surface area contributed by atoms with Gasteiger partial charge < -0.3 is 15.2 Å². The van der Waals surface area contributed by atoms with Gasteiger partial charge in [-0.3, -0.25) is 0 Å². The van der Waals surface area contributed by atoms with Crippen molar-refractivity contribution in [2.24, 2.45) is 5.73 Å². The van der Waals surface area contributed by atoms with Crippen LogP contribution in [0.15, 0.2) is 40.9 Å². The zero-order valence-electron chi connectivity index (χ0n) is 11.7. The first-order chi connectivity index (χ1) is 10.2. The van der Waals surface area contributed by atoms with Crippen LogP contribution >= 0.6 is 15.9 Å². The molecule has 0 aromatic heterocycles. The Balaban J connectivity index is 2.21. The SMILES string of the molecule is COc1cc(CCN)cc(Br)c1OCc1ccccc1F. The van der Waals surface area contributed by atoms with Gasteiger partial charge >= 0.3 is 0 Å². The monoisotopic (exact) mass is 353 g/mol. The van der Waals surface area contributed by atoms with Crippen LogP contribution < -0.4 is 15.2 Å². The molecule has 2 N–H and O–H groups in total. The van der Waals surface area contributed by atoms with E-state index >= 15 is 0 Å². The van der Waals surface area contributed by atoms with Crippen molar-refractivity contribution in [3.05, 3.63) is 57.8 Å². The van der Waals surface area contributed by atoms with Gasteiger partial charge in [-0.15, -0.1) is 0 Å². The molecule has 3 nitrogen and oxygen atoms in total. The number of halogens is 2. The van der Waals surface area contributed by atoms with Crippen molar-refractivity contribution in [1.82, 2.24) is 0 Å². The largest absolute Gasteiger partial charge is 0.493 e. The molecule has 0 radical (unpaired) electrons. The van der Waals surface area contributed by atoms with Crippen molar-refractivity contribution in [3.63, 3.8) is 0 Å². The highest BCUT2D eigenvalue weighted by Crippen LogP contribution is 2.37. The molecule has 0 aliphatic heterocycles. The maximum atomic E-state index is 13.6. The summed E-state index contributed by atoms with van der Waals surface area (Å²) in [7, 11) is 1.57. The molecule has 0 aliphatic carbocycles. The highest BCUT2D eigenvalue weighted by molar-refractivity contribution is 9.10. The quantitative estimate of drug-likeness (QED) is 0.861. The minimum atomic E-state index is -0.285. The Labute approximate surface area is 132 Å². The highest BCUT2D eigenvalue weighted by atomic mass is 79.9. The molecule has 112 valence electrons. The van der Waals surface area contributed by atoms with Gasteiger partial charge in [-0.2, -0.15) is 0 Å². The predicted octanol–water partition coefficient (Wildman–Crippen LogP) is 3.68. The van der Waals surface area contributed by atoms with Crippen LogP contribution in [0.4, 0.5) is 4.39 Å². The first-order valence-electron chi connectivity index (χ1n) is 6.58. The number of rotatable bonds is 6. The lowest BCUT2D eigenvalue weighted by Gasteiger charge is -2.14. The van der Waals surface area contributed by atoms with Crippen molar-refractivity contribution in [2.45, 2.75) is 13.0 Å². The van der Waals surface area contributed by atoms with Crippen molar-refractivity contribution < 1.29 is 13.9 Å². The second-order valence-corrected chi connectivity index (χ2v) is 5.38. The van der Waals surface area contributed by atoms with Gasteiger partial charge in [0.2, 0.25) is 0 Å². The molecule has 0 bridgehead atoms. The summed E-state index contributed by atoms with van der Waals surface area (Å²) >= 11 is 3.46. The lowest BCUT2D eigenvalue weighted by atomic mass is 10.1. The van der Waals surface area contributed by atoms with Gasteiger partial charge in [0.25, 0.3) is 0 Å². The molecule has 0 saturated heterocycles. The van der Waals surface area contributed by atoms with E-state index in [1.54, 1.807) is 25.3 Å². The van der Waals surface area contributed by atoms with Crippen LogP contribution in [-0.2, 0) is 13.0 Å². The van der Waals surface area contributed by atoms with Crippen LogP contribution in [0.1, 0.15) is 11.1 Å². The number of hydrogen-bond acceptors (Lipinski definition) is 3. The molecule has 2 aromatic carbocycles. The standard InChI is InChI=1S/C16H17BrFNO2/c1-20-15-9-11(6-7-19)8-13(17)16(15)21-10-12-4-2-3-5-14(12)18/h2-5,8-9H,6-7,10,19H2,1H3. The van der Waals surface area contributed by atoms with Crippen LogP contribution in [0.2, 0.25) is 0 Å². The minimum Gasteiger partial charge on any atom is -0.493 e. The Bertz CT molecular complexity index is 619. The fraction of sp³-hybridized carbons (Fsp3) is 0.250. The first kappa shape index (κ1) is 15.8. The molecule has 0 fully saturated rings. The Morgan fingerprint density at radius 2 is 2.00 bits per heavy atom. The van der Waals surface area contributed by atoms with Gasteiger partial charge in [-0.25, -0.2) is 4.39 Å². The zero-order valence-corrected chi connectivity index (χ0v) is 13.3. The minimum absolute atomic E-state index is 0.137. The van der Waals surface area contributed by atoms with E-state index in [4.69, 9.17) is 15.2 Å². The van der Waals surface area contributed by atoms with Gasteiger partial charge in [0, 0.05) is 5.56 Å². The Kier molecular flexibility index (Phi) is 5.59. The number of nitrogens with two attached hydrogens (primary N) is 1. The fourth-order valence-electron chi connectivity index (χ4n) is 1.99. The topological polar surface area (TPSA) is 44.5 Å².